The molecule has 8 heavy (non-hydrogen) atoms. The highest BCUT2D eigenvalue weighted by Crippen LogP contribution is 2.04. The van der Waals surface area contributed by atoms with Crippen LogP contribution in [0.2, 0.25) is 0 Å². The van der Waals surface area contributed by atoms with Crippen molar-refractivity contribution < 1.29 is 0 Å². The molecule has 0 unspecified atom stereocenters. The Morgan fingerprint density at radius 2 is 1.38 bits per heavy atom. The molecule has 0 aromatic carbocycles. The van der Waals surface area contributed by atoms with Crippen LogP contribution in [0.4, 0.5) is 0 Å². The molecule has 0 aliphatic carbocycles. The van der Waals surface area contributed by atoms with Crippen molar-refractivity contribution in [2.24, 2.45) is 5.92 Å². The van der Waals surface area contributed by atoms with Crippen LogP contribution in [0.25, 0.3) is 0 Å². The number of hydrogen-bond acceptors (Lipinski definition) is 1. The molecule has 0 bridgehead atoms. The zero-order chi connectivity index (χ0) is 6.73. The average molecular weight is 115 g/mol. The van der Waals surface area contributed by atoms with Crippen molar-refractivity contribution in [3.63, 3.8) is 0 Å². The highest BCUT2D eigenvalue weighted by Gasteiger charge is 2.07. The molecule has 1 nitrogen and oxygen atoms in total. The molecule has 1 heteroatoms. The topological polar surface area (TPSA) is 3.24 Å². The first kappa shape index (κ1) is 7.96. The van der Waals surface area contributed by atoms with E-state index in [4.69, 9.17) is 0 Å². The summed E-state index contributed by atoms with van der Waals surface area (Å²) < 4.78 is 0. The van der Waals surface area contributed by atoms with Crippen molar-refractivity contribution >= 4 is 0 Å². The summed E-state index contributed by atoms with van der Waals surface area (Å²) in [5.74, 6) is 0.769. The van der Waals surface area contributed by atoms with Gasteiger partial charge in [-0.25, -0.2) is 0 Å². The Kier molecular flexibility index (Phi) is 3.06. The number of rotatable bonds is 2. The lowest BCUT2D eigenvalue weighted by atomic mass is 10.1. The summed E-state index contributed by atoms with van der Waals surface area (Å²) in [6.07, 6.45) is 0. The van der Waals surface area contributed by atoms with Gasteiger partial charge in [0.05, 0.1) is 0 Å². The number of nitrogens with zero attached hydrogens (tertiary/aromatic N) is 1. The third-order valence-corrected chi connectivity index (χ3v) is 1.78. The smallest absolute Gasteiger partial charge is 0.00838 e. The molecular formula is C7H17N. The minimum Gasteiger partial charge on any atom is -0.306 e. The minimum absolute atomic E-state index is 0.704. The van der Waals surface area contributed by atoms with Crippen LogP contribution in [0.5, 0.6) is 0 Å². The molecule has 0 amide bonds. The Bertz CT molecular complexity index is 49.4. The summed E-state index contributed by atoms with van der Waals surface area (Å²) in [5, 5.41) is 0. The predicted octanol–water partition coefficient (Wildman–Crippen LogP) is 1.59. The minimum atomic E-state index is 0.704. The van der Waals surface area contributed by atoms with Crippen LogP contribution < -0.4 is 0 Å². The van der Waals surface area contributed by atoms with Gasteiger partial charge in [0.25, 0.3) is 0 Å². The highest BCUT2D eigenvalue weighted by molar-refractivity contribution is 4.61. The van der Waals surface area contributed by atoms with Crippen LogP contribution >= 0.6 is 0 Å². The van der Waals surface area contributed by atoms with Crippen LogP contribution in [-0.4, -0.2) is 25.0 Å². The van der Waals surface area contributed by atoms with Crippen molar-refractivity contribution in [3.05, 3.63) is 0 Å². The van der Waals surface area contributed by atoms with Crippen molar-refractivity contribution in [1.29, 1.82) is 0 Å². The van der Waals surface area contributed by atoms with Crippen molar-refractivity contribution in [2.75, 3.05) is 14.1 Å². The summed E-state index contributed by atoms with van der Waals surface area (Å²) in [7, 11) is 4.23. The lowest BCUT2D eigenvalue weighted by molar-refractivity contribution is 0.251. The molecule has 0 aliphatic rings. The van der Waals surface area contributed by atoms with Crippen molar-refractivity contribution in [2.45, 2.75) is 26.8 Å². The van der Waals surface area contributed by atoms with Gasteiger partial charge in [0, 0.05) is 6.04 Å². The molecular weight excluding hydrogens is 98.1 g/mol. The Hall–Kier alpha value is -0.0400. The van der Waals surface area contributed by atoms with E-state index in [1.54, 1.807) is 0 Å². The van der Waals surface area contributed by atoms with E-state index in [1.807, 2.05) is 0 Å². The van der Waals surface area contributed by atoms with Gasteiger partial charge in [-0.1, -0.05) is 13.8 Å². The predicted molar refractivity (Wildman–Crippen MR) is 38.0 cm³/mol. The summed E-state index contributed by atoms with van der Waals surface area (Å²) in [6.45, 7) is 6.72. The average Bonchev–Trinajstić information content (AvgIpc) is 1.64. The zero-order valence-corrected chi connectivity index (χ0v) is 6.60. The van der Waals surface area contributed by atoms with E-state index in [0.717, 1.165) is 5.92 Å². The first-order valence-corrected chi connectivity index (χ1v) is 3.22. The summed E-state index contributed by atoms with van der Waals surface area (Å²) in [4.78, 5) is 2.24. The molecule has 0 aromatic heterocycles. The monoisotopic (exact) mass is 115 g/mol. The molecule has 0 N–H and O–H groups in total. The van der Waals surface area contributed by atoms with Gasteiger partial charge in [-0.15, -0.1) is 0 Å². The maximum atomic E-state index is 2.24. The van der Waals surface area contributed by atoms with E-state index in [-0.39, 0.29) is 0 Å². The van der Waals surface area contributed by atoms with E-state index in [2.05, 4.69) is 39.8 Å². The third-order valence-electron chi connectivity index (χ3n) is 1.78. The molecule has 0 heterocycles. The fourth-order valence-corrected chi connectivity index (χ4v) is 0.596. The van der Waals surface area contributed by atoms with Gasteiger partial charge < -0.3 is 4.90 Å². The standard InChI is InChI=1S/C7H17N/c1-6(2)7(3)8(4)5/h6-7H,1-5H3/t7-/m1/s1. The Morgan fingerprint density at radius 3 is 1.38 bits per heavy atom. The molecule has 0 rings (SSSR count). The zero-order valence-electron chi connectivity index (χ0n) is 6.60. The van der Waals surface area contributed by atoms with Crippen LogP contribution in [-0.2, 0) is 0 Å². The van der Waals surface area contributed by atoms with E-state index < -0.39 is 0 Å². The van der Waals surface area contributed by atoms with Gasteiger partial charge in [0.2, 0.25) is 0 Å². The first-order valence-electron chi connectivity index (χ1n) is 3.22. The second-order valence-electron chi connectivity index (χ2n) is 2.95. The molecule has 50 valence electrons. The fraction of sp³-hybridized carbons (Fsp3) is 1.00. The molecule has 0 spiro atoms. The van der Waals surface area contributed by atoms with Gasteiger partial charge in [-0.3, -0.25) is 0 Å². The third kappa shape index (κ3) is 2.31. The SMILES string of the molecule is CC(C)[C@@H](C)N(C)C. The van der Waals surface area contributed by atoms with E-state index in [0.29, 0.717) is 6.04 Å². The van der Waals surface area contributed by atoms with Crippen LogP contribution in [0, 0.1) is 5.92 Å². The molecule has 0 saturated carbocycles. The highest BCUT2D eigenvalue weighted by atomic mass is 15.1. The van der Waals surface area contributed by atoms with Gasteiger partial charge in [-0.2, -0.15) is 0 Å². The fourth-order valence-electron chi connectivity index (χ4n) is 0.596. The molecule has 0 aliphatic heterocycles. The Labute approximate surface area is 52.7 Å². The van der Waals surface area contributed by atoms with Crippen LogP contribution in [0.15, 0.2) is 0 Å². The van der Waals surface area contributed by atoms with Crippen molar-refractivity contribution in [3.8, 4) is 0 Å². The largest absolute Gasteiger partial charge is 0.306 e. The lowest BCUT2D eigenvalue weighted by Gasteiger charge is -2.22. The Morgan fingerprint density at radius 1 is 1.00 bits per heavy atom. The summed E-state index contributed by atoms with van der Waals surface area (Å²) >= 11 is 0. The molecule has 1 atom stereocenters. The molecule has 0 radical (unpaired) electrons. The Balaban J connectivity index is 3.46. The molecule has 0 aromatic rings. The summed E-state index contributed by atoms with van der Waals surface area (Å²) in [6, 6.07) is 0.704. The quantitative estimate of drug-likeness (QED) is 0.528. The molecule has 0 fully saturated rings. The van der Waals surface area contributed by atoms with Gasteiger partial charge >= 0.3 is 0 Å². The molecule has 0 saturated heterocycles. The van der Waals surface area contributed by atoms with Crippen LogP contribution in [0.3, 0.4) is 0 Å². The van der Waals surface area contributed by atoms with Crippen molar-refractivity contribution in [1.82, 2.24) is 4.90 Å². The van der Waals surface area contributed by atoms with Gasteiger partial charge in [0.1, 0.15) is 0 Å². The van der Waals surface area contributed by atoms with Gasteiger partial charge in [-0.05, 0) is 26.9 Å². The maximum Gasteiger partial charge on any atom is 0.00838 e. The van der Waals surface area contributed by atoms with E-state index >= 15 is 0 Å². The van der Waals surface area contributed by atoms with Crippen LogP contribution in [0.1, 0.15) is 20.8 Å². The van der Waals surface area contributed by atoms with Gasteiger partial charge in [0.15, 0.2) is 0 Å². The lowest BCUT2D eigenvalue weighted by Crippen LogP contribution is -2.29. The van der Waals surface area contributed by atoms with E-state index in [1.165, 1.54) is 0 Å². The maximum absolute atomic E-state index is 2.24. The normalized spacial score (nSPS) is 15.4. The first-order chi connectivity index (χ1) is 3.55. The number of hydrogen-bond donors (Lipinski definition) is 0. The summed E-state index contributed by atoms with van der Waals surface area (Å²) in [5.41, 5.74) is 0. The second kappa shape index (κ2) is 3.08. The van der Waals surface area contributed by atoms with E-state index in [9.17, 15) is 0 Å². The second-order valence-corrected chi connectivity index (χ2v) is 2.95.